The number of pyridine rings is 1. The lowest BCUT2D eigenvalue weighted by Gasteiger charge is -2.32. The molecule has 1 aromatic heterocycles. The van der Waals surface area contributed by atoms with Crippen molar-refractivity contribution in [2.75, 3.05) is 27.3 Å². The Morgan fingerprint density at radius 1 is 1.07 bits per heavy atom. The average molecular weight is 589 g/mol. The van der Waals surface area contributed by atoms with Crippen LogP contribution in [-0.4, -0.2) is 54.4 Å². The van der Waals surface area contributed by atoms with Crippen LogP contribution in [0.2, 0.25) is 0 Å². The van der Waals surface area contributed by atoms with Gasteiger partial charge in [-0.05, 0) is 84.2 Å². The summed E-state index contributed by atoms with van der Waals surface area (Å²) < 4.78 is 32.7. The van der Waals surface area contributed by atoms with Gasteiger partial charge in [-0.15, -0.1) is 0 Å². The number of carbonyl (C=O) groups is 1. The smallest absolute Gasteiger partial charge is 0.306 e. The molecule has 6 rings (SSSR count). The predicted molar refractivity (Wildman–Crippen MR) is 162 cm³/mol. The van der Waals surface area contributed by atoms with Crippen LogP contribution in [0, 0.1) is 17.7 Å². The van der Waals surface area contributed by atoms with Crippen LogP contribution in [-0.2, 0) is 22.5 Å². The molecule has 3 heterocycles. The van der Waals surface area contributed by atoms with E-state index in [1.807, 2.05) is 19.1 Å². The van der Waals surface area contributed by atoms with Crippen molar-refractivity contribution in [3.8, 4) is 22.8 Å². The van der Waals surface area contributed by atoms with E-state index in [2.05, 4.69) is 34.1 Å². The van der Waals surface area contributed by atoms with Gasteiger partial charge in [-0.25, -0.2) is 9.37 Å². The fourth-order valence-corrected chi connectivity index (χ4v) is 6.90. The molecule has 1 N–H and O–H groups in total. The maximum absolute atomic E-state index is 15.1. The second-order valence-corrected chi connectivity index (χ2v) is 12.3. The third kappa shape index (κ3) is 6.41. The van der Waals surface area contributed by atoms with Gasteiger partial charge in [0.15, 0.2) is 0 Å². The van der Waals surface area contributed by atoms with Crippen LogP contribution in [0.4, 0.5) is 4.39 Å². The van der Waals surface area contributed by atoms with Crippen LogP contribution in [0.25, 0.3) is 11.1 Å². The molecular formula is C35H41FN2O5. The maximum atomic E-state index is 15.1. The Bertz CT molecular complexity index is 1470. The summed E-state index contributed by atoms with van der Waals surface area (Å²) in [5, 5.41) is 9.76. The number of aliphatic carboxylic acids is 1. The first-order chi connectivity index (χ1) is 20.8. The van der Waals surface area contributed by atoms with E-state index in [9.17, 15) is 9.90 Å². The Balaban J connectivity index is 1.30. The molecule has 8 heteroatoms. The molecule has 0 bridgehead atoms. The summed E-state index contributed by atoms with van der Waals surface area (Å²) in [7, 11) is 3.30. The van der Waals surface area contributed by atoms with Crippen molar-refractivity contribution in [3.63, 3.8) is 0 Å². The van der Waals surface area contributed by atoms with Crippen molar-refractivity contribution in [2.24, 2.45) is 11.8 Å². The second-order valence-electron chi connectivity index (χ2n) is 12.3. The van der Waals surface area contributed by atoms with Gasteiger partial charge in [-0.3, -0.25) is 9.69 Å². The minimum atomic E-state index is -0.754. The second kappa shape index (κ2) is 12.6. The molecule has 0 spiro atoms. The lowest BCUT2D eigenvalue weighted by molar-refractivity contribution is -0.142. The van der Waals surface area contributed by atoms with E-state index < -0.39 is 11.9 Å². The van der Waals surface area contributed by atoms with Crippen molar-refractivity contribution in [1.82, 2.24) is 9.88 Å². The molecular weight excluding hydrogens is 547 g/mol. The van der Waals surface area contributed by atoms with Gasteiger partial charge in [0.25, 0.3) is 0 Å². The summed E-state index contributed by atoms with van der Waals surface area (Å²) in [5.74, 6) is 0.0409. The number of hydrogen-bond acceptors (Lipinski definition) is 6. The van der Waals surface area contributed by atoms with Gasteiger partial charge in [0.1, 0.15) is 17.7 Å². The monoisotopic (exact) mass is 588 g/mol. The fraction of sp³-hybridized carbons (Fsp3) is 0.486. The van der Waals surface area contributed by atoms with Crippen LogP contribution in [0.1, 0.15) is 73.3 Å². The Hall–Kier alpha value is -3.49. The van der Waals surface area contributed by atoms with Gasteiger partial charge < -0.3 is 19.3 Å². The number of aromatic nitrogens is 1. The number of benzene rings is 2. The van der Waals surface area contributed by atoms with Gasteiger partial charge in [0, 0.05) is 38.4 Å². The SMILES string of the molecule is COc1cc(-c2ccc(C3CCc4ccc([C@H](C5CC5)[C@H](C)C(=O)O)cc4O3)cc2CN2CCC(OC)CC2)c(F)cn1. The van der Waals surface area contributed by atoms with Gasteiger partial charge in [-0.1, -0.05) is 37.3 Å². The molecule has 228 valence electrons. The first-order valence-electron chi connectivity index (χ1n) is 15.4. The van der Waals surface area contributed by atoms with Crippen LogP contribution in [0.5, 0.6) is 11.6 Å². The molecule has 1 saturated heterocycles. The molecule has 3 aromatic rings. The lowest BCUT2D eigenvalue weighted by atomic mass is 9.82. The number of methoxy groups -OCH3 is 2. The molecule has 1 aliphatic carbocycles. The van der Waals surface area contributed by atoms with E-state index in [4.69, 9.17) is 14.2 Å². The minimum absolute atomic E-state index is 0.00726. The van der Waals surface area contributed by atoms with E-state index in [1.165, 1.54) is 13.3 Å². The number of hydrogen-bond donors (Lipinski definition) is 1. The topological polar surface area (TPSA) is 81.1 Å². The third-order valence-corrected chi connectivity index (χ3v) is 9.57. The van der Waals surface area contributed by atoms with Crippen LogP contribution < -0.4 is 9.47 Å². The first kappa shape index (κ1) is 29.6. The number of halogens is 1. The molecule has 3 atom stereocenters. The highest BCUT2D eigenvalue weighted by Crippen LogP contribution is 2.48. The molecule has 0 radical (unpaired) electrons. The highest BCUT2D eigenvalue weighted by molar-refractivity contribution is 5.71. The van der Waals surface area contributed by atoms with E-state index >= 15 is 4.39 Å². The minimum Gasteiger partial charge on any atom is -0.485 e. The van der Waals surface area contributed by atoms with Crippen molar-refractivity contribution >= 4 is 5.97 Å². The number of likely N-dealkylation sites (tertiary alicyclic amines) is 1. The molecule has 43 heavy (non-hydrogen) atoms. The summed E-state index contributed by atoms with van der Waals surface area (Å²) in [6.07, 6.45) is 7.14. The molecule has 2 fully saturated rings. The van der Waals surface area contributed by atoms with Crippen LogP contribution in [0.3, 0.4) is 0 Å². The highest BCUT2D eigenvalue weighted by atomic mass is 19.1. The summed E-state index contributed by atoms with van der Waals surface area (Å²) in [6.45, 7) is 4.33. The number of carboxylic acids is 1. The largest absolute Gasteiger partial charge is 0.485 e. The molecule has 0 amide bonds. The van der Waals surface area contributed by atoms with Crippen LogP contribution in [0.15, 0.2) is 48.7 Å². The van der Waals surface area contributed by atoms with Gasteiger partial charge in [0.05, 0.1) is 25.3 Å². The molecule has 2 aromatic carbocycles. The standard InChI is InChI=1S/C35H41FN2O5/c1-21(35(39)40)34(23-5-6-23)25-7-4-22-9-11-31(43-32(22)17-25)24-8-10-28(29-18-33(42-3)37-19-30(29)36)26(16-24)20-38-14-12-27(41-2)13-15-38/h4,7-8,10,16-19,21,23,27,31,34H,5-6,9,11-15,20H2,1-3H3,(H,39,40)/t21-,31?,34-/m0/s1. The summed E-state index contributed by atoms with van der Waals surface area (Å²) in [5.41, 5.74) is 5.59. The normalized spacial score (nSPS) is 20.6. The quantitative estimate of drug-likeness (QED) is 0.279. The van der Waals surface area contributed by atoms with Crippen molar-refractivity contribution in [1.29, 1.82) is 0 Å². The number of nitrogens with zero attached hydrogens (tertiary/aromatic N) is 2. The van der Waals surface area contributed by atoms with Crippen LogP contribution >= 0.6 is 0 Å². The predicted octanol–water partition coefficient (Wildman–Crippen LogP) is 6.79. The van der Waals surface area contributed by atoms with Gasteiger partial charge in [-0.2, -0.15) is 0 Å². The van der Waals surface area contributed by atoms with Crippen molar-refractivity contribution in [3.05, 3.63) is 76.7 Å². The summed E-state index contributed by atoms with van der Waals surface area (Å²) in [6, 6.07) is 14.2. The Morgan fingerprint density at radius 2 is 1.86 bits per heavy atom. The molecule has 1 saturated carbocycles. The molecule has 3 aliphatic rings. The fourth-order valence-electron chi connectivity index (χ4n) is 6.90. The number of ether oxygens (including phenoxy) is 3. The summed E-state index contributed by atoms with van der Waals surface area (Å²) in [4.78, 5) is 18.3. The number of fused-ring (bicyclic) bond motifs is 1. The summed E-state index contributed by atoms with van der Waals surface area (Å²) >= 11 is 0. The van der Waals surface area contributed by atoms with Crippen molar-refractivity contribution in [2.45, 2.75) is 70.1 Å². The Kier molecular flexibility index (Phi) is 8.68. The van der Waals surface area contributed by atoms with E-state index in [0.29, 0.717) is 23.9 Å². The zero-order chi connectivity index (χ0) is 30.1. The van der Waals surface area contributed by atoms with E-state index in [0.717, 1.165) is 85.2 Å². The Labute approximate surface area is 253 Å². The maximum Gasteiger partial charge on any atom is 0.306 e. The van der Waals surface area contributed by atoms with E-state index in [-0.39, 0.29) is 23.9 Å². The number of piperidine rings is 1. The third-order valence-electron chi connectivity index (χ3n) is 9.57. The number of carboxylic acid groups (broad SMARTS) is 1. The van der Waals surface area contributed by atoms with E-state index in [1.54, 1.807) is 13.2 Å². The zero-order valence-electron chi connectivity index (χ0n) is 25.2. The number of aryl methyl sites for hydroxylation is 1. The molecule has 7 nitrogen and oxygen atoms in total. The highest BCUT2D eigenvalue weighted by Gasteiger charge is 2.39. The zero-order valence-corrected chi connectivity index (χ0v) is 25.2. The van der Waals surface area contributed by atoms with Crippen molar-refractivity contribution < 1.29 is 28.5 Å². The Morgan fingerprint density at radius 3 is 2.56 bits per heavy atom. The number of rotatable bonds is 10. The van der Waals surface area contributed by atoms with Gasteiger partial charge >= 0.3 is 5.97 Å². The average Bonchev–Trinajstić information content (AvgIpc) is 3.87. The van der Waals surface area contributed by atoms with Gasteiger partial charge in [0.2, 0.25) is 5.88 Å². The molecule has 2 aliphatic heterocycles. The first-order valence-corrected chi connectivity index (χ1v) is 15.4. The lowest BCUT2D eigenvalue weighted by Crippen LogP contribution is -2.36. The molecule has 1 unspecified atom stereocenters.